The van der Waals surface area contributed by atoms with Gasteiger partial charge in [-0.2, -0.15) is 5.26 Å². The van der Waals surface area contributed by atoms with E-state index in [0.29, 0.717) is 22.7 Å². The number of hydrogen-bond donors (Lipinski definition) is 1. The quantitative estimate of drug-likeness (QED) is 0.179. The van der Waals surface area contributed by atoms with E-state index in [1.165, 1.54) is 22.3 Å². The summed E-state index contributed by atoms with van der Waals surface area (Å²) in [4.78, 5) is 12.4. The van der Waals surface area contributed by atoms with Crippen molar-refractivity contribution in [2.45, 2.75) is 45.2 Å². The maximum atomic E-state index is 10.9. The number of aromatic hydroxyl groups is 1. The monoisotopic (exact) mass is 820 g/mol. The number of aryl methyl sites for hydroxylation is 1. The van der Waals surface area contributed by atoms with Crippen molar-refractivity contribution in [3.8, 4) is 34.6 Å². The van der Waals surface area contributed by atoms with Gasteiger partial charge < -0.3 is 19.7 Å². The molecule has 0 bridgehead atoms. The Balaban J connectivity index is 0.00000378. The number of phenolic OH excluding ortho intramolecular Hbond substituents is 1. The summed E-state index contributed by atoms with van der Waals surface area (Å²) >= 11 is 0. The molecule has 0 fully saturated rings. The molecule has 6 nitrogen and oxygen atoms in total. The third kappa shape index (κ3) is 5.69. The molecule has 5 aromatic carbocycles. The number of aliphatic imine (C=N–C) groups is 1. The Morgan fingerprint density at radius 1 is 0.857 bits per heavy atom. The number of pyridine rings is 1. The molecular weight excluding hydrogens is 788 g/mol. The van der Waals surface area contributed by atoms with Crippen LogP contribution < -0.4 is 9.64 Å². The van der Waals surface area contributed by atoms with Gasteiger partial charge in [-0.25, -0.2) is 4.98 Å². The van der Waals surface area contributed by atoms with Crippen molar-refractivity contribution >= 4 is 22.4 Å². The van der Waals surface area contributed by atoms with Crippen LogP contribution in [0.4, 0.5) is 5.69 Å². The van der Waals surface area contributed by atoms with Crippen molar-refractivity contribution in [1.29, 1.82) is 5.26 Å². The van der Waals surface area contributed by atoms with Crippen LogP contribution in [0.1, 0.15) is 66.2 Å². The molecule has 1 aliphatic carbocycles. The fraction of sp³-hybridized carbons (Fsp3) is 0.167. The van der Waals surface area contributed by atoms with Crippen LogP contribution in [0.25, 0.3) is 22.0 Å². The Bertz CT molecular complexity index is 2320. The summed E-state index contributed by atoms with van der Waals surface area (Å²) in [5.41, 5.74) is 9.49. The van der Waals surface area contributed by atoms with E-state index in [4.69, 9.17) is 9.73 Å². The second-order valence-electron chi connectivity index (χ2n) is 13.5. The molecule has 2 aliphatic rings. The van der Waals surface area contributed by atoms with E-state index in [9.17, 15) is 10.4 Å². The molecule has 8 rings (SSSR count). The van der Waals surface area contributed by atoms with Gasteiger partial charge in [0.1, 0.15) is 11.3 Å². The molecule has 0 spiro atoms. The van der Waals surface area contributed by atoms with Crippen LogP contribution in [0.2, 0.25) is 0 Å². The van der Waals surface area contributed by atoms with Gasteiger partial charge in [-0.05, 0) is 75.7 Å². The van der Waals surface area contributed by atoms with Crippen molar-refractivity contribution in [2.75, 3.05) is 4.90 Å². The van der Waals surface area contributed by atoms with Crippen molar-refractivity contribution in [2.24, 2.45) is 4.99 Å². The zero-order chi connectivity index (χ0) is 33.2. The van der Waals surface area contributed by atoms with Crippen molar-refractivity contribution < 1.29 is 30.9 Å². The Kier molecular flexibility index (Phi) is 8.13. The molecule has 0 unspecified atom stereocenters. The Morgan fingerprint density at radius 2 is 1.55 bits per heavy atom. The van der Waals surface area contributed by atoms with Gasteiger partial charge in [0.2, 0.25) is 5.88 Å². The Hall–Kier alpha value is -5.24. The molecule has 0 saturated carbocycles. The number of amidine groups is 1. The van der Waals surface area contributed by atoms with Gasteiger partial charge in [0.25, 0.3) is 0 Å². The molecular formula is C42H33N4O2Pt-. The number of nitrogens with zero attached hydrogens (tertiary/aromatic N) is 4. The van der Waals surface area contributed by atoms with Gasteiger partial charge in [0.05, 0.1) is 29.6 Å². The van der Waals surface area contributed by atoms with Gasteiger partial charge in [0, 0.05) is 44.0 Å². The predicted octanol–water partition coefficient (Wildman–Crippen LogP) is 9.74. The summed E-state index contributed by atoms with van der Waals surface area (Å²) in [6.45, 7) is 8.38. The van der Waals surface area contributed by atoms with Crippen LogP contribution >= 0.6 is 0 Å². The third-order valence-corrected chi connectivity index (χ3v) is 9.25. The fourth-order valence-corrected chi connectivity index (χ4v) is 6.92. The number of fused-ring (bicyclic) bond motifs is 7. The standard InChI is InChI=1S/C42H33N4O2.Pt/c1-25-19-28(22-31(20-25)48-37-18-15-27-21-29(42(2,3)4)23-36(47)38(27)44-37)41-45-39-34-11-7-5-9-32(34)33-10-6-8-12-35(33)40(39)46(41)30-16-13-26(24-43)14-17-30;/h5-21,23,39-40,47H,1-4H3;/q-1;/t39-,40+;/m0./s1. The first kappa shape index (κ1) is 32.3. The minimum absolute atomic E-state index is 0. The van der Waals surface area contributed by atoms with Crippen LogP contribution in [-0.4, -0.2) is 15.9 Å². The van der Waals surface area contributed by atoms with E-state index in [0.717, 1.165) is 33.6 Å². The second kappa shape index (κ2) is 12.3. The van der Waals surface area contributed by atoms with Crippen molar-refractivity contribution in [3.63, 3.8) is 0 Å². The number of nitriles is 1. The van der Waals surface area contributed by atoms with Crippen LogP contribution in [-0.2, 0) is 26.5 Å². The van der Waals surface area contributed by atoms with Gasteiger partial charge in [-0.3, -0.25) is 0 Å². The summed E-state index contributed by atoms with van der Waals surface area (Å²) in [6.07, 6.45) is 0. The van der Waals surface area contributed by atoms with E-state index in [1.54, 1.807) is 6.07 Å². The molecule has 6 aromatic rings. The summed E-state index contributed by atoms with van der Waals surface area (Å²) in [5.74, 6) is 1.76. The van der Waals surface area contributed by atoms with Crippen LogP contribution in [0.15, 0.2) is 114 Å². The molecule has 0 radical (unpaired) electrons. The van der Waals surface area contributed by atoms with Gasteiger partial charge in [-0.15, -0.1) is 17.2 Å². The first-order valence-electron chi connectivity index (χ1n) is 16.1. The average Bonchev–Trinajstić information content (AvgIpc) is 3.49. The largest absolute Gasteiger partial charge is 0.506 e. The number of aromatic nitrogens is 1. The van der Waals surface area contributed by atoms with Gasteiger partial charge in [-0.1, -0.05) is 88.4 Å². The molecule has 2 atom stereocenters. The topological polar surface area (TPSA) is 81.7 Å². The minimum Gasteiger partial charge on any atom is -0.506 e. The third-order valence-electron chi connectivity index (χ3n) is 9.25. The molecule has 2 heterocycles. The number of rotatable bonds is 4. The van der Waals surface area contributed by atoms with E-state index in [-0.39, 0.29) is 44.3 Å². The molecule has 1 aromatic heterocycles. The first-order chi connectivity index (χ1) is 23.2. The normalized spacial score (nSPS) is 16.1. The SMILES string of the molecule is Cc1cc(Oc2ccc3cc(C(C)(C)C)cc(O)c3n2)[c-]c(C2=N[C@H]3c4ccccc4-c4ccccc4[C@H]3N2c2ccc(C#N)cc2)c1.[Pt]. The molecule has 49 heavy (non-hydrogen) atoms. The van der Waals surface area contributed by atoms with E-state index >= 15 is 0 Å². The summed E-state index contributed by atoms with van der Waals surface area (Å²) in [5, 5.41) is 21.3. The minimum atomic E-state index is -0.150. The van der Waals surface area contributed by atoms with Crippen LogP contribution in [0.3, 0.4) is 0 Å². The fourth-order valence-electron chi connectivity index (χ4n) is 6.92. The number of anilines is 1. The number of benzene rings is 5. The second-order valence-corrected chi connectivity index (χ2v) is 13.5. The smallest absolute Gasteiger partial charge is 0.217 e. The van der Waals surface area contributed by atoms with Crippen molar-refractivity contribution in [3.05, 3.63) is 149 Å². The van der Waals surface area contributed by atoms with Gasteiger partial charge >= 0.3 is 0 Å². The average molecular weight is 821 g/mol. The Labute approximate surface area is 300 Å². The predicted molar refractivity (Wildman–Crippen MR) is 190 cm³/mol. The summed E-state index contributed by atoms with van der Waals surface area (Å²) < 4.78 is 6.34. The zero-order valence-corrected chi connectivity index (χ0v) is 29.8. The summed E-state index contributed by atoms with van der Waals surface area (Å²) in [6, 6.07) is 41.8. The molecule has 0 saturated heterocycles. The van der Waals surface area contributed by atoms with Crippen molar-refractivity contribution in [1.82, 2.24) is 4.98 Å². The molecule has 7 heteroatoms. The molecule has 1 N–H and O–H groups in total. The molecule has 244 valence electrons. The van der Waals surface area contributed by atoms with E-state index in [1.807, 2.05) is 49.4 Å². The molecule has 0 amide bonds. The molecule has 1 aliphatic heterocycles. The number of hydrogen-bond acceptors (Lipinski definition) is 6. The first-order valence-corrected chi connectivity index (χ1v) is 16.1. The van der Waals surface area contributed by atoms with E-state index < -0.39 is 0 Å². The van der Waals surface area contributed by atoms with E-state index in [2.05, 4.69) is 103 Å². The number of phenols is 1. The summed E-state index contributed by atoms with van der Waals surface area (Å²) in [7, 11) is 0. The van der Waals surface area contributed by atoms with Crippen LogP contribution in [0, 0.1) is 24.3 Å². The van der Waals surface area contributed by atoms with Crippen LogP contribution in [0.5, 0.6) is 17.4 Å². The number of ether oxygens (including phenoxy) is 1. The Morgan fingerprint density at radius 3 is 2.27 bits per heavy atom. The zero-order valence-electron chi connectivity index (χ0n) is 27.5. The van der Waals surface area contributed by atoms with Gasteiger partial charge in [0.15, 0.2) is 0 Å². The maximum absolute atomic E-state index is 10.9. The maximum Gasteiger partial charge on any atom is 0.217 e.